The molecule has 0 N–H and O–H groups in total. The van der Waals surface area contributed by atoms with Crippen molar-refractivity contribution in [3.63, 3.8) is 0 Å². The lowest BCUT2D eigenvalue weighted by atomic mass is 9.81. The summed E-state index contributed by atoms with van der Waals surface area (Å²) in [5.41, 5.74) is 13.1. The minimum absolute atomic E-state index is 0.0912. The van der Waals surface area contributed by atoms with Crippen LogP contribution in [-0.4, -0.2) is 10.3 Å². The van der Waals surface area contributed by atoms with Gasteiger partial charge in [0.1, 0.15) is 0 Å². The van der Waals surface area contributed by atoms with Gasteiger partial charge in [0.05, 0.1) is 5.41 Å². The maximum absolute atomic E-state index is 2.51. The molecule has 0 atom stereocenters. The lowest BCUT2D eigenvalue weighted by molar-refractivity contribution is -0.455. The standard InChI is InChI=1S/C39H41N2/c1-28-18-22-30(23-19-28)26-40-34-14-9-7-12-32(34)38(3,4)36(40)16-11-17-37-39(5,6)33-13-8-10-15-35(33)41(37)27-31-24-20-29(2)21-25-31/h7-25H,26-27H2,1-6H3/q+1. The molecule has 0 saturated carbocycles. The van der Waals surface area contributed by atoms with Gasteiger partial charge < -0.3 is 4.90 Å². The molecule has 2 aliphatic heterocycles. The number of fused-ring (bicyclic) bond motifs is 2. The number of hydrogen-bond donors (Lipinski definition) is 0. The molecule has 0 radical (unpaired) electrons. The molecule has 2 heteroatoms. The highest BCUT2D eigenvalue weighted by Gasteiger charge is 2.44. The maximum atomic E-state index is 2.51. The van der Waals surface area contributed by atoms with Crippen molar-refractivity contribution in [2.24, 2.45) is 0 Å². The predicted octanol–water partition coefficient (Wildman–Crippen LogP) is 9.32. The number of benzene rings is 4. The van der Waals surface area contributed by atoms with E-state index in [2.05, 4.69) is 166 Å². The zero-order valence-electron chi connectivity index (χ0n) is 25.3. The van der Waals surface area contributed by atoms with Crippen molar-refractivity contribution in [2.75, 3.05) is 4.90 Å². The summed E-state index contributed by atoms with van der Waals surface area (Å²) in [4.78, 5) is 2.51. The number of aryl methyl sites for hydroxylation is 2. The molecule has 41 heavy (non-hydrogen) atoms. The first-order valence-electron chi connectivity index (χ1n) is 14.8. The Balaban J connectivity index is 1.41. The minimum Gasteiger partial charge on any atom is -0.340 e. The average molecular weight is 538 g/mol. The van der Waals surface area contributed by atoms with Crippen LogP contribution in [0.2, 0.25) is 0 Å². The van der Waals surface area contributed by atoms with Crippen LogP contribution in [0, 0.1) is 13.8 Å². The van der Waals surface area contributed by atoms with Gasteiger partial charge in [-0.3, -0.25) is 0 Å². The van der Waals surface area contributed by atoms with Crippen molar-refractivity contribution in [3.05, 3.63) is 154 Å². The third-order valence-electron chi connectivity index (χ3n) is 9.03. The van der Waals surface area contributed by atoms with E-state index in [0.29, 0.717) is 0 Å². The smallest absolute Gasteiger partial charge is 0.210 e. The molecule has 2 heterocycles. The fourth-order valence-electron chi connectivity index (χ4n) is 6.61. The van der Waals surface area contributed by atoms with Gasteiger partial charge in [0, 0.05) is 46.6 Å². The lowest BCUT2D eigenvalue weighted by Gasteiger charge is -2.27. The fraction of sp³-hybridized carbons (Fsp3) is 0.256. The molecule has 0 amide bonds. The van der Waals surface area contributed by atoms with Crippen LogP contribution in [0.3, 0.4) is 0 Å². The van der Waals surface area contributed by atoms with Gasteiger partial charge in [0.25, 0.3) is 0 Å². The number of hydrogen-bond acceptors (Lipinski definition) is 1. The fourth-order valence-corrected chi connectivity index (χ4v) is 6.61. The van der Waals surface area contributed by atoms with Gasteiger partial charge in [-0.15, -0.1) is 0 Å². The van der Waals surface area contributed by atoms with E-state index in [1.54, 1.807) is 0 Å². The molecular weight excluding hydrogens is 496 g/mol. The Kier molecular flexibility index (Phi) is 6.82. The number of anilines is 1. The summed E-state index contributed by atoms with van der Waals surface area (Å²) in [5.74, 6) is 0. The molecule has 6 rings (SSSR count). The summed E-state index contributed by atoms with van der Waals surface area (Å²) < 4.78 is 2.51. The highest BCUT2D eigenvalue weighted by Crippen LogP contribution is 2.48. The first kappa shape index (κ1) is 27.0. The summed E-state index contributed by atoms with van der Waals surface area (Å²) in [6.07, 6.45) is 6.99. The Labute approximate surface area is 246 Å². The molecule has 0 aliphatic carbocycles. The molecule has 206 valence electrons. The number of allylic oxidation sites excluding steroid dienone is 4. The number of para-hydroxylation sites is 2. The first-order chi connectivity index (χ1) is 19.7. The van der Waals surface area contributed by atoms with E-state index in [1.165, 1.54) is 56.2 Å². The normalized spacial score (nSPS) is 17.9. The lowest BCUT2D eigenvalue weighted by Crippen LogP contribution is -2.28. The third-order valence-corrected chi connectivity index (χ3v) is 9.03. The van der Waals surface area contributed by atoms with Crippen LogP contribution in [0.4, 0.5) is 11.4 Å². The largest absolute Gasteiger partial charge is 0.340 e. The van der Waals surface area contributed by atoms with Gasteiger partial charge in [0.15, 0.2) is 12.3 Å². The Morgan fingerprint density at radius 3 is 1.93 bits per heavy atom. The van der Waals surface area contributed by atoms with Crippen LogP contribution in [0.25, 0.3) is 0 Å². The zero-order chi connectivity index (χ0) is 28.8. The van der Waals surface area contributed by atoms with Crippen LogP contribution in [0.1, 0.15) is 61.1 Å². The second-order valence-electron chi connectivity index (χ2n) is 12.7. The summed E-state index contributed by atoms with van der Waals surface area (Å²) >= 11 is 0. The molecule has 0 aromatic heterocycles. The summed E-state index contributed by atoms with van der Waals surface area (Å²) in [6.45, 7) is 15.4. The number of rotatable bonds is 6. The molecule has 0 bridgehead atoms. The molecule has 2 aliphatic rings. The van der Waals surface area contributed by atoms with E-state index in [-0.39, 0.29) is 10.8 Å². The van der Waals surface area contributed by atoms with Crippen LogP contribution in [0.15, 0.2) is 121 Å². The number of nitrogens with zero attached hydrogens (tertiary/aromatic N) is 2. The second kappa shape index (κ2) is 10.3. The van der Waals surface area contributed by atoms with Crippen LogP contribution in [-0.2, 0) is 23.9 Å². The Hall–Kier alpha value is -4.17. The summed E-state index contributed by atoms with van der Waals surface area (Å²) in [5, 5.41) is 0. The van der Waals surface area contributed by atoms with Gasteiger partial charge in [0.2, 0.25) is 5.69 Å². The van der Waals surface area contributed by atoms with Gasteiger partial charge in [-0.05, 0) is 51.0 Å². The van der Waals surface area contributed by atoms with E-state index < -0.39 is 0 Å². The average Bonchev–Trinajstić information content (AvgIpc) is 3.30. The quantitative estimate of drug-likeness (QED) is 0.222. The monoisotopic (exact) mass is 537 g/mol. The summed E-state index contributed by atoms with van der Waals surface area (Å²) in [6, 6.07) is 35.7. The predicted molar refractivity (Wildman–Crippen MR) is 173 cm³/mol. The van der Waals surface area contributed by atoms with Crippen molar-refractivity contribution in [1.29, 1.82) is 0 Å². The van der Waals surface area contributed by atoms with Gasteiger partial charge in [-0.1, -0.05) is 116 Å². The van der Waals surface area contributed by atoms with Crippen molar-refractivity contribution < 1.29 is 4.58 Å². The van der Waals surface area contributed by atoms with E-state index >= 15 is 0 Å². The van der Waals surface area contributed by atoms with Crippen LogP contribution >= 0.6 is 0 Å². The highest BCUT2D eigenvalue weighted by atomic mass is 15.2. The van der Waals surface area contributed by atoms with E-state index in [4.69, 9.17) is 0 Å². The molecule has 2 nitrogen and oxygen atoms in total. The van der Waals surface area contributed by atoms with E-state index in [1.807, 2.05) is 0 Å². The van der Waals surface area contributed by atoms with Gasteiger partial charge in [-0.25, -0.2) is 0 Å². The molecule has 0 saturated heterocycles. The third kappa shape index (κ3) is 4.86. The topological polar surface area (TPSA) is 6.25 Å². The van der Waals surface area contributed by atoms with Crippen molar-refractivity contribution >= 4 is 17.1 Å². The van der Waals surface area contributed by atoms with Crippen molar-refractivity contribution in [2.45, 2.75) is 65.5 Å². The maximum Gasteiger partial charge on any atom is 0.210 e. The Morgan fingerprint density at radius 1 is 0.659 bits per heavy atom. The molecular formula is C39H41N2+. The van der Waals surface area contributed by atoms with Crippen LogP contribution in [0.5, 0.6) is 0 Å². The molecule has 0 spiro atoms. The van der Waals surface area contributed by atoms with E-state index in [9.17, 15) is 0 Å². The van der Waals surface area contributed by atoms with Crippen LogP contribution < -0.4 is 4.90 Å². The first-order valence-corrected chi connectivity index (χ1v) is 14.8. The van der Waals surface area contributed by atoms with Gasteiger partial charge in [-0.2, -0.15) is 4.58 Å². The Bertz CT molecular complexity index is 1680. The van der Waals surface area contributed by atoms with E-state index in [0.717, 1.165) is 13.1 Å². The summed E-state index contributed by atoms with van der Waals surface area (Å²) in [7, 11) is 0. The Morgan fingerprint density at radius 2 is 1.24 bits per heavy atom. The van der Waals surface area contributed by atoms with Crippen molar-refractivity contribution in [3.8, 4) is 0 Å². The molecule has 0 unspecified atom stereocenters. The van der Waals surface area contributed by atoms with Crippen molar-refractivity contribution in [1.82, 2.24) is 0 Å². The highest BCUT2D eigenvalue weighted by molar-refractivity contribution is 6.03. The van der Waals surface area contributed by atoms with Gasteiger partial charge >= 0.3 is 0 Å². The zero-order valence-corrected chi connectivity index (χ0v) is 25.3. The molecule has 0 fully saturated rings. The minimum atomic E-state index is -0.0912. The molecule has 4 aromatic rings. The second-order valence-corrected chi connectivity index (χ2v) is 12.7. The SMILES string of the molecule is Cc1ccc(CN2C(=CC=CC3=[N+](Cc4ccc(C)cc4)c4ccccc4C3(C)C)C(C)(C)c3ccccc32)cc1. The molecule has 4 aromatic carbocycles.